The fraction of sp³-hybridized carbons (Fsp3) is 0.286. The summed E-state index contributed by atoms with van der Waals surface area (Å²) in [7, 11) is 0. The van der Waals surface area contributed by atoms with Crippen LogP contribution in [0.15, 0.2) is 65.8 Å². The highest BCUT2D eigenvalue weighted by Gasteiger charge is 2.13. The first kappa shape index (κ1) is 27.3. The monoisotopic (exact) mass is 602 g/mol. The largest absolute Gasteiger partial charge is 0.490 e. The van der Waals surface area contributed by atoms with Crippen molar-refractivity contribution in [2.24, 2.45) is 5.10 Å². The van der Waals surface area contributed by atoms with Crippen LogP contribution in [-0.4, -0.2) is 31.9 Å². The van der Waals surface area contributed by atoms with Crippen LogP contribution >= 0.6 is 22.6 Å². The van der Waals surface area contributed by atoms with E-state index >= 15 is 0 Å². The van der Waals surface area contributed by atoms with Crippen LogP contribution in [0.5, 0.6) is 23.0 Å². The number of hydrogen-bond acceptors (Lipinski definition) is 6. The Morgan fingerprint density at radius 2 is 1.64 bits per heavy atom. The van der Waals surface area contributed by atoms with Crippen molar-refractivity contribution < 1.29 is 23.7 Å². The number of nitrogens with zero attached hydrogens (tertiary/aromatic N) is 1. The summed E-state index contributed by atoms with van der Waals surface area (Å²) in [5, 5.41) is 4.13. The number of halogens is 1. The van der Waals surface area contributed by atoms with Crippen LogP contribution in [0.2, 0.25) is 0 Å². The molecule has 0 aliphatic carbocycles. The van der Waals surface area contributed by atoms with Gasteiger partial charge in [-0.05, 0) is 84.3 Å². The number of benzene rings is 3. The van der Waals surface area contributed by atoms with E-state index in [1.807, 2.05) is 63.2 Å². The zero-order valence-corrected chi connectivity index (χ0v) is 22.9. The summed E-state index contributed by atoms with van der Waals surface area (Å²) in [5.41, 5.74) is 4.84. The Hall–Kier alpha value is -3.27. The molecule has 1 N–H and O–H groups in total. The molecule has 0 radical (unpaired) electrons. The van der Waals surface area contributed by atoms with E-state index in [1.165, 1.54) is 0 Å². The number of ether oxygens (including phenoxy) is 4. The van der Waals surface area contributed by atoms with Crippen molar-refractivity contribution in [2.45, 2.75) is 33.8 Å². The number of amides is 1. The molecule has 0 spiro atoms. The molecule has 0 aromatic heterocycles. The highest BCUT2D eigenvalue weighted by Crippen LogP contribution is 2.34. The second-order valence-corrected chi connectivity index (χ2v) is 8.84. The van der Waals surface area contributed by atoms with Gasteiger partial charge in [-0.1, -0.05) is 37.3 Å². The fourth-order valence-electron chi connectivity index (χ4n) is 3.27. The van der Waals surface area contributed by atoms with Crippen molar-refractivity contribution in [3.63, 3.8) is 0 Å². The van der Waals surface area contributed by atoms with E-state index in [2.05, 4.69) is 33.1 Å². The third kappa shape index (κ3) is 7.87. The van der Waals surface area contributed by atoms with Crippen molar-refractivity contribution in [3.8, 4) is 23.0 Å². The SMILES string of the molecule is CCCOc1ccc(C(=O)N/N=C/c2cc(I)c(OCc3ccccc3)c(OCC)c2)cc1OCC. The van der Waals surface area contributed by atoms with Crippen LogP contribution < -0.4 is 24.4 Å². The first-order valence-corrected chi connectivity index (χ1v) is 13.0. The molecule has 0 atom stereocenters. The highest BCUT2D eigenvalue weighted by molar-refractivity contribution is 14.1. The van der Waals surface area contributed by atoms with Gasteiger partial charge in [-0.25, -0.2) is 5.43 Å². The molecule has 0 bridgehead atoms. The minimum atomic E-state index is -0.350. The Morgan fingerprint density at radius 3 is 2.36 bits per heavy atom. The molecule has 3 aromatic rings. The molecule has 1 amide bonds. The topological polar surface area (TPSA) is 78.4 Å². The Kier molecular flexibility index (Phi) is 10.9. The van der Waals surface area contributed by atoms with Crippen LogP contribution in [0, 0.1) is 3.57 Å². The first-order valence-electron chi connectivity index (χ1n) is 11.9. The van der Waals surface area contributed by atoms with Gasteiger partial charge in [0.05, 0.1) is 29.6 Å². The number of nitrogens with one attached hydrogen (secondary N) is 1. The maximum absolute atomic E-state index is 12.7. The maximum atomic E-state index is 12.7. The molecule has 0 unspecified atom stereocenters. The molecular weight excluding hydrogens is 571 g/mol. The Balaban J connectivity index is 1.70. The van der Waals surface area contributed by atoms with E-state index in [-0.39, 0.29) is 5.91 Å². The molecule has 3 aromatic carbocycles. The summed E-state index contributed by atoms with van der Waals surface area (Å²) >= 11 is 2.21. The number of carbonyl (C=O) groups is 1. The third-order valence-electron chi connectivity index (χ3n) is 4.90. The molecular formula is C28H31IN2O5. The summed E-state index contributed by atoms with van der Waals surface area (Å²) < 4.78 is 24.1. The summed E-state index contributed by atoms with van der Waals surface area (Å²) in [6, 6.07) is 18.8. The van der Waals surface area contributed by atoms with Gasteiger partial charge in [0.15, 0.2) is 23.0 Å². The van der Waals surface area contributed by atoms with E-state index in [1.54, 1.807) is 24.4 Å². The number of hydrazone groups is 1. The molecule has 7 nitrogen and oxygen atoms in total. The van der Waals surface area contributed by atoms with E-state index in [4.69, 9.17) is 18.9 Å². The molecule has 8 heteroatoms. The zero-order valence-electron chi connectivity index (χ0n) is 20.8. The van der Waals surface area contributed by atoms with Gasteiger partial charge in [0, 0.05) is 5.56 Å². The minimum absolute atomic E-state index is 0.350. The molecule has 3 rings (SSSR count). The van der Waals surface area contributed by atoms with Gasteiger partial charge >= 0.3 is 0 Å². The van der Waals surface area contributed by atoms with Gasteiger partial charge < -0.3 is 18.9 Å². The lowest BCUT2D eigenvalue weighted by atomic mass is 10.2. The maximum Gasteiger partial charge on any atom is 0.271 e. The van der Waals surface area contributed by atoms with Crippen molar-refractivity contribution in [1.29, 1.82) is 0 Å². The van der Waals surface area contributed by atoms with Gasteiger partial charge in [-0.2, -0.15) is 5.10 Å². The van der Waals surface area contributed by atoms with Crippen molar-refractivity contribution in [2.75, 3.05) is 19.8 Å². The van der Waals surface area contributed by atoms with Gasteiger partial charge in [0.25, 0.3) is 5.91 Å². The van der Waals surface area contributed by atoms with Crippen LogP contribution in [0.25, 0.3) is 0 Å². The minimum Gasteiger partial charge on any atom is -0.490 e. The normalized spacial score (nSPS) is 10.8. The number of hydrogen-bond donors (Lipinski definition) is 1. The predicted molar refractivity (Wildman–Crippen MR) is 150 cm³/mol. The van der Waals surface area contributed by atoms with Crippen LogP contribution in [0.3, 0.4) is 0 Å². The van der Waals surface area contributed by atoms with Gasteiger partial charge in [-0.3, -0.25) is 4.79 Å². The molecule has 0 fully saturated rings. The van der Waals surface area contributed by atoms with Gasteiger partial charge in [0.2, 0.25) is 0 Å². The smallest absolute Gasteiger partial charge is 0.271 e. The molecule has 0 heterocycles. The lowest BCUT2D eigenvalue weighted by Crippen LogP contribution is -2.18. The highest BCUT2D eigenvalue weighted by atomic mass is 127. The summed E-state index contributed by atoms with van der Waals surface area (Å²) in [5.74, 6) is 2.10. The fourth-order valence-corrected chi connectivity index (χ4v) is 4.06. The average Bonchev–Trinajstić information content (AvgIpc) is 2.88. The molecule has 0 saturated heterocycles. The van der Waals surface area contributed by atoms with Gasteiger partial charge in [0.1, 0.15) is 6.61 Å². The lowest BCUT2D eigenvalue weighted by Gasteiger charge is -2.14. The van der Waals surface area contributed by atoms with Crippen molar-refractivity contribution in [1.82, 2.24) is 5.43 Å². The summed E-state index contributed by atoms with van der Waals surface area (Å²) in [6.45, 7) is 7.82. The quantitative estimate of drug-likeness (QED) is 0.143. The molecule has 36 heavy (non-hydrogen) atoms. The molecule has 0 saturated carbocycles. The second kappa shape index (κ2) is 14.3. The van der Waals surface area contributed by atoms with E-state index in [0.29, 0.717) is 55.0 Å². The Labute approximate surface area is 225 Å². The third-order valence-corrected chi connectivity index (χ3v) is 5.71. The summed E-state index contributed by atoms with van der Waals surface area (Å²) in [4.78, 5) is 12.7. The summed E-state index contributed by atoms with van der Waals surface area (Å²) in [6.07, 6.45) is 2.46. The van der Waals surface area contributed by atoms with Gasteiger partial charge in [-0.15, -0.1) is 0 Å². The lowest BCUT2D eigenvalue weighted by molar-refractivity contribution is 0.0954. The second-order valence-electron chi connectivity index (χ2n) is 7.68. The van der Waals surface area contributed by atoms with E-state index in [0.717, 1.165) is 21.1 Å². The van der Waals surface area contributed by atoms with Crippen LogP contribution in [0.4, 0.5) is 0 Å². The van der Waals surface area contributed by atoms with Crippen molar-refractivity contribution in [3.05, 3.63) is 80.9 Å². The van der Waals surface area contributed by atoms with Crippen LogP contribution in [-0.2, 0) is 6.61 Å². The standard InChI is InChI=1S/C28H31IN2O5/c1-4-14-35-24-13-12-22(17-25(24)33-5-2)28(32)31-30-18-21-15-23(29)27(26(16-21)34-6-3)36-19-20-10-8-7-9-11-20/h7-13,15-18H,4-6,14,19H2,1-3H3,(H,31,32)/b30-18+. The Bertz CT molecular complexity index is 1170. The number of carbonyl (C=O) groups excluding carboxylic acids is 1. The predicted octanol–water partition coefficient (Wildman–Crippen LogP) is 6.22. The Morgan fingerprint density at radius 1 is 0.889 bits per heavy atom. The van der Waals surface area contributed by atoms with Crippen molar-refractivity contribution >= 4 is 34.7 Å². The van der Waals surface area contributed by atoms with E-state index in [9.17, 15) is 4.79 Å². The molecule has 0 aliphatic rings. The molecule has 190 valence electrons. The zero-order chi connectivity index (χ0) is 25.8. The van der Waals surface area contributed by atoms with E-state index < -0.39 is 0 Å². The number of rotatable bonds is 13. The first-order chi connectivity index (χ1) is 17.5. The van der Waals surface area contributed by atoms with Crippen LogP contribution in [0.1, 0.15) is 48.7 Å². The average molecular weight is 602 g/mol. The molecule has 0 aliphatic heterocycles.